The van der Waals surface area contributed by atoms with E-state index in [0.29, 0.717) is 17.7 Å². The number of nitrogens with two attached hydrogens (primary N) is 1. The number of hydrogen-bond donors (Lipinski definition) is 4. The Hall–Kier alpha value is -4.08. The molecule has 39 heavy (non-hydrogen) atoms. The number of amides is 4. The summed E-state index contributed by atoms with van der Waals surface area (Å²) in [7, 11) is 0. The van der Waals surface area contributed by atoms with Crippen molar-refractivity contribution in [1.29, 1.82) is 0 Å². The number of carbonyl (C=O) groups excluding carboxylic acids is 4. The number of aromatic hydroxyl groups is 1. The summed E-state index contributed by atoms with van der Waals surface area (Å²) in [5, 5.41) is 15.6. The Morgan fingerprint density at radius 3 is 2.15 bits per heavy atom. The Balaban J connectivity index is 2.62. The molecule has 3 atom stereocenters. The molecule has 0 aliphatic carbocycles. The van der Waals surface area contributed by atoms with Gasteiger partial charge in [-0.15, -0.1) is 0 Å². The molecule has 0 saturated carbocycles. The second-order valence-electron chi connectivity index (χ2n) is 10.6. The molecule has 0 aliphatic heterocycles. The first-order valence-electron chi connectivity index (χ1n) is 12.9. The summed E-state index contributed by atoms with van der Waals surface area (Å²) < 4.78 is 5.29. The third-order valence-electron chi connectivity index (χ3n) is 6.16. The van der Waals surface area contributed by atoms with E-state index in [1.807, 2.05) is 39.0 Å². The lowest BCUT2D eigenvalue weighted by molar-refractivity contribution is -0.144. The van der Waals surface area contributed by atoms with Gasteiger partial charge in [0, 0.05) is 11.7 Å². The third kappa shape index (κ3) is 8.73. The highest BCUT2D eigenvalue weighted by Gasteiger charge is 2.39. The maximum atomic E-state index is 14.1. The standard InChI is InChI=1S/C29H40N4O6/c1-8-19(4)33(27(37)22(16-23(30)35)31-28(38)39-29(5,6)7)25(20-13-10-14-21(34)15-20)26(36)32-24-17(2)11-9-12-18(24)3/h9-15,19,22,25,34H,8,16H2,1-7H3,(H2,30,35)(H,31,38)(H,32,36). The van der Waals surface area contributed by atoms with E-state index in [4.69, 9.17) is 10.5 Å². The van der Waals surface area contributed by atoms with Gasteiger partial charge < -0.3 is 31.1 Å². The van der Waals surface area contributed by atoms with Crippen LogP contribution < -0.4 is 16.4 Å². The van der Waals surface area contributed by atoms with Gasteiger partial charge in [-0.25, -0.2) is 4.79 Å². The zero-order valence-corrected chi connectivity index (χ0v) is 23.7. The van der Waals surface area contributed by atoms with Gasteiger partial charge in [0.15, 0.2) is 0 Å². The van der Waals surface area contributed by atoms with Crippen LogP contribution in [0.15, 0.2) is 42.5 Å². The SMILES string of the molecule is CCC(C)N(C(=O)C(CC(N)=O)NC(=O)OC(C)(C)C)C(C(=O)Nc1c(C)cccc1C)c1cccc(O)c1. The van der Waals surface area contributed by atoms with Crippen molar-refractivity contribution in [3.63, 3.8) is 0 Å². The minimum Gasteiger partial charge on any atom is -0.508 e. The van der Waals surface area contributed by atoms with Gasteiger partial charge in [-0.2, -0.15) is 0 Å². The average molecular weight is 541 g/mol. The van der Waals surface area contributed by atoms with Crippen molar-refractivity contribution in [3.8, 4) is 5.75 Å². The number of aryl methyl sites for hydroxylation is 2. The molecule has 10 nitrogen and oxygen atoms in total. The number of anilines is 1. The van der Waals surface area contributed by atoms with Crippen LogP contribution in [0.2, 0.25) is 0 Å². The molecule has 0 radical (unpaired) electrons. The highest BCUT2D eigenvalue weighted by molar-refractivity contribution is 6.00. The molecule has 0 spiro atoms. The fourth-order valence-corrected chi connectivity index (χ4v) is 4.16. The summed E-state index contributed by atoms with van der Waals surface area (Å²) in [6.07, 6.45) is -0.955. The molecule has 0 aliphatic rings. The van der Waals surface area contributed by atoms with Gasteiger partial charge in [0.25, 0.3) is 5.91 Å². The molecule has 0 heterocycles. The molecule has 5 N–H and O–H groups in total. The normalized spacial score (nSPS) is 13.5. The first-order valence-corrected chi connectivity index (χ1v) is 12.9. The molecule has 0 fully saturated rings. The van der Waals surface area contributed by atoms with Crippen LogP contribution in [0.4, 0.5) is 10.5 Å². The lowest BCUT2D eigenvalue weighted by Gasteiger charge is -2.38. The highest BCUT2D eigenvalue weighted by atomic mass is 16.6. The predicted octanol–water partition coefficient (Wildman–Crippen LogP) is 4.08. The number of para-hydroxylation sites is 1. The third-order valence-corrected chi connectivity index (χ3v) is 6.16. The van der Waals surface area contributed by atoms with Gasteiger partial charge in [-0.3, -0.25) is 14.4 Å². The Morgan fingerprint density at radius 1 is 1.05 bits per heavy atom. The van der Waals surface area contributed by atoms with Gasteiger partial charge in [0.2, 0.25) is 11.8 Å². The Morgan fingerprint density at radius 2 is 1.64 bits per heavy atom. The number of rotatable bonds is 10. The van der Waals surface area contributed by atoms with Crippen LogP contribution in [0.25, 0.3) is 0 Å². The van der Waals surface area contributed by atoms with Crippen molar-refractivity contribution in [1.82, 2.24) is 10.2 Å². The number of alkyl carbamates (subject to hydrolysis) is 1. The second-order valence-corrected chi connectivity index (χ2v) is 10.6. The largest absolute Gasteiger partial charge is 0.508 e. The summed E-state index contributed by atoms with van der Waals surface area (Å²) in [4.78, 5) is 53.9. The van der Waals surface area contributed by atoms with Crippen molar-refractivity contribution in [3.05, 3.63) is 59.2 Å². The molecule has 0 saturated heterocycles. The van der Waals surface area contributed by atoms with Crippen LogP contribution in [0.5, 0.6) is 5.75 Å². The molecular formula is C29H40N4O6. The molecular weight excluding hydrogens is 500 g/mol. The number of nitrogens with one attached hydrogen (secondary N) is 2. The van der Waals surface area contributed by atoms with Crippen LogP contribution in [0, 0.1) is 13.8 Å². The van der Waals surface area contributed by atoms with E-state index < -0.39 is 54.0 Å². The molecule has 0 bridgehead atoms. The van der Waals surface area contributed by atoms with Crippen molar-refractivity contribution in [2.24, 2.45) is 5.73 Å². The number of benzene rings is 2. The maximum absolute atomic E-state index is 14.1. The lowest BCUT2D eigenvalue weighted by atomic mass is 9.98. The minimum atomic E-state index is -1.39. The molecule has 10 heteroatoms. The zero-order valence-electron chi connectivity index (χ0n) is 23.7. The summed E-state index contributed by atoms with van der Waals surface area (Å²) >= 11 is 0. The topological polar surface area (TPSA) is 151 Å². The van der Waals surface area contributed by atoms with E-state index >= 15 is 0 Å². The molecule has 4 amide bonds. The summed E-state index contributed by atoms with van der Waals surface area (Å²) in [6.45, 7) is 12.3. The van der Waals surface area contributed by atoms with Crippen molar-refractivity contribution in [2.75, 3.05) is 5.32 Å². The van der Waals surface area contributed by atoms with Crippen LogP contribution in [-0.4, -0.2) is 51.5 Å². The smallest absolute Gasteiger partial charge is 0.408 e. The van der Waals surface area contributed by atoms with Gasteiger partial charge in [-0.05, 0) is 76.8 Å². The maximum Gasteiger partial charge on any atom is 0.408 e. The lowest BCUT2D eigenvalue weighted by Crippen LogP contribution is -2.55. The number of carbonyl (C=O) groups is 4. The quantitative estimate of drug-likeness (QED) is 0.356. The van der Waals surface area contributed by atoms with Gasteiger partial charge in [0.05, 0.1) is 6.42 Å². The molecule has 2 aromatic rings. The zero-order chi connectivity index (χ0) is 29.5. The molecule has 0 aromatic heterocycles. The van der Waals surface area contributed by atoms with Crippen molar-refractivity contribution in [2.45, 2.75) is 85.0 Å². The van der Waals surface area contributed by atoms with Crippen LogP contribution in [0.3, 0.4) is 0 Å². The van der Waals surface area contributed by atoms with E-state index in [0.717, 1.165) is 11.1 Å². The first-order chi connectivity index (χ1) is 18.1. The Kier molecular flexibility index (Phi) is 10.5. The van der Waals surface area contributed by atoms with E-state index in [1.54, 1.807) is 39.8 Å². The Labute approximate surface area is 229 Å². The fraction of sp³-hybridized carbons (Fsp3) is 0.448. The van der Waals surface area contributed by atoms with E-state index in [9.17, 15) is 24.3 Å². The molecule has 212 valence electrons. The number of phenolic OH excluding ortho intramolecular Hbond substituents is 1. The van der Waals surface area contributed by atoms with Crippen LogP contribution in [0.1, 0.15) is 70.2 Å². The van der Waals surface area contributed by atoms with E-state index in [1.165, 1.54) is 17.0 Å². The average Bonchev–Trinajstić information content (AvgIpc) is 2.82. The number of nitrogens with zero attached hydrogens (tertiary/aromatic N) is 1. The number of ether oxygens (including phenoxy) is 1. The first kappa shape index (κ1) is 31.1. The molecule has 2 aromatic carbocycles. The number of primary amides is 1. The molecule has 3 unspecified atom stereocenters. The summed E-state index contributed by atoms with van der Waals surface area (Å²) in [5.41, 5.74) is 7.19. The molecule has 2 rings (SSSR count). The van der Waals surface area contributed by atoms with E-state index in [-0.39, 0.29) is 5.75 Å². The fourth-order valence-electron chi connectivity index (χ4n) is 4.16. The summed E-state index contributed by atoms with van der Waals surface area (Å²) in [5.74, 6) is -2.13. The minimum absolute atomic E-state index is 0.0884. The van der Waals surface area contributed by atoms with Gasteiger partial charge in [-0.1, -0.05) is 37.3 Å². The number of hydrogen-bond acceptors (Lipinski definition) is 6. The summed E-state index contributed by atoms with van der Waals surface area (Å²) in [6, 6.07) is 8.54. The second kappa shape index (κ2) is 13.1. The van der Waals surface area contributed by atoms with E-state index in [2.05, 4.69) is 10.6 Å². The van der Waals surface area contributed by atoms with Gasteiger partial charge in [0.1, 0.15) is 23.4 Å². The monoisotopic (exact) mass is 540 g/mol. The van der Waals surface area contributed by atoms with Crippen molar-refractivity contribution >= 4 is 29.5 Å². The van der Waals surface area contributed by atoms with Gasteiger partial charge >= 0.3 is 6.09 Å². The van der Waals surface area contributed by atoms with Crippen LogP contribution >= 0.6 is 0 Å². The van der Waals surface area contributed by atoms with Crippen LogP contribution in [-0.2, 0) is 19.1 Å². The predicted molar refractivity (Wildman–Crippen MR) is 149 cm³/mol. The number of phenols is 1. The highest BCUT2D eigenvalue weighted by Crippen LogP contribution is 2.31. The Bertz CT molecular complexity index is 1190. The van der Waals surface area contributed by atoms with Crippen molar-refractivity contribution < 1.29 is 29.0 Å².